The summed E-state index contributed by atoms with van der Waals surface area (Å²) in [4.78, 5) is 24.3. The molecule has 0 radical (unpaired) electrons. The molecule has 20 heavy (non-hydrogen) atoms. The Labute approximate surface area is 120 Å². The quantitative estimate of drug-likeness (QED) is 0.882. The molecule has 1 aliphatic rings. The van der Waals surface area contributed by atoms with Gasteiger partial charge in [0, 0.05) is 18.8 Å². The lowest BCUT2D eigenvalue weighted by Crippen LogP contribution is -2.42. The summed E-state index contributed by atoms with van der Waals surface area (Å²) in [6.07, 6.45) is 0.857. The molecule has 0 unspecified atom stereocenters. The maximum absolute atomic E-state index is 13.2. The lowest BCUT2D eigenvalue weighted by Gasteiger charge is -2.30. The van der Waals surface area contributed by atoms with Crippen molar-refractivity contribution in [2.45, 2.75) is 12.8 Å². The summed E-state index contributed by atoms with van der Waals surface area (Å²) in [7, 11) is 0. The Kier molecular flexibility index (Phi) is 4.44. The van der Waals surface area contributed by atoms with Gasteiger partial charge >= 0.3 is 12.0 Å². The summed E-state index contributed by atoms with van der Waals surface area (Å²) in [5.41, 5.74) is 0.317. The van der Waals surface area contributed by atoms with Gasteiger partial charge < -0.3 is 15.3 Å². The van der Waals surface area contributed by atoms with E-state index in [0.717, 1.165) is 6.07 Å². The molecule has 1 heterocycles. The van der Waals surface area contributed by atoms with Crippen molar-refractivity contribution in [3.63, 3.8) is 0 Å². The topological polar surface area (TPSA) is 69.6 Å². The number of aliphatic carboxylic acids is 1. The van der Waals surface area contributed by atoms with Crippen molar-refractivity contribution in [3.05, 3.63) is 29.0 Å². The Morgan fingerprint density at radius 2 is 2.00 bits per heavy atom. The van der Waals surface area contributed by atoms with E-state index in [1.165, 1.54) is 17.0 Å². The van der Waals surface area contributed by atoms with E-state index in [2.05, 4.69) is 5.32 Å². The molecule has 2 N–H and O–H groups in total. The first-order valence-electron chi connectivity index (χ1n) is 6.21. The fourth-order valence-electron chi connectivity index (χ4n) is 2.11. The number of nitrogens with one attached hydrogen (secondary N) is 1. The van der Waals surface area contributed by atoms with Gasteiger partial charge in [-0.3, -0.25) is 4.79 Å². The van der Waals surface area contributed by atoms with Gasteiger partial charge in [-0.15, -0.1) is 0 Å². The molecule has 1 aromatic rings. The molecule has 1 aromatic carbocycles. The number of hydrogen-bond donors (Lipinski definition) is 2. The van der Waals surface area contributed by atoms with Crippen molar-refractivity contribution in [3.8, 4) is 0 Å². The van der Waals surface area contributed by atoms with Crippen LogP contribution in [-0.2, 0) is 4.79 Å². The number of halogens is 2. The average Bonchev–Trinajstić information content (AvgIpc) is 2.43. The third-order valence-electron chi connectivity index (χ3n) is 3.30. The van der Waals surface area contributed by atoms with Gasteiger partial charge in [0.15, 0.2) is 0 Å². The van der Waals surface area contributed by atoms with Gasteiger partial charge in [-0.05, 0) is 31.0 Å². The molecule has 0 saturated carbocycles. The zero-order valence-electron chi connectivity index (χ0n) is 10.6. The van der Waals surface area contributed by atoms with Crippen LogP contribution in [0.15, 0.2) is 18.2 Å². The average molecular weight is 301 g/mol. The molecule has 1 saturated heterocycles. The lowest BCUT2D eigenvalue weighted by atomic mass is 9.97. The van der Waals surface area contributed by atoms with Gasteiger partial charge in [0.1, 0.15) is 5.82 Å². The number of carboxylic acid groups (broad SMARTS) is 1. The van der Waals surface area contributed by atoms with Crippen molar-refractivity contribution >= 4 is 29.3 Å². The second-order valence-electron chi connectivity index (χ2n) is 4.66. The molecule has 108 valence electrons. The van der Waals surface area contributed by atoms with Crippen LogP contribution in [0.5, 0.6) is 0 Å². The number of likely N-dealkylation sites (tertiary alicyclic amines) is 1. The predicted octanol–water partition coefficient (Wildman–Crippen LogP) is 2.81. The van der Waals surface area contributed by atoms with Crippen LogP contribution in [0.3, 0.4) is 0 Å². The van der Waals surface area contributed by atoms with E-state index in [0.29, 0.717) is 31.6 Å². The highest BCUT2D eigenvalue weighted by Gasteiger charge is 2.26. The van der Waals surface area contributed by atoms with Crippen LogP contribution in [0.25, 0.3) is 0 Å². The second kappa shape index (κ2) is 6.09. The molecule has 2 amide bonds. The van der Waals surface area contributed by atoms with E-state index in [1.807, 2.05) is 0 Å². The molecule has 2 rings (SSSR count). The predicted molar refractivity (Wildman–Crippen MR) is 72.4 cm³/mol. The number of urea groups is 1. The van der Waals surface area contributed by atoms with Crippen molar-refractivity contribution in [2.24, 2.45) is 5.92 Å². The van der Waals surface area contributed by atoms with Gasteiger partial charge in [-0.25, -0.2) is 9.18 Å². The minimum Gasteiger partial charge on any atom is -0.481 e. The van der Waals surface area contributed by atoms with Gasteiger partial charge in [0.2, 0.25) is 0 Å². The van der Waals surface area contributed by atoms with E-state index in [9.17, 15) is 14.0 Å². The second-order valence-corrected chi connectivity index (χ2v) is 5.07. The molecule has 0 aromatic heterocycles. The first-order valence-corrected chi connectivity index (χ1v) is 6.59. The van der Waals surface area contributed by atoms with E-state index in [1.54, 1.807) is 0 Å². The Hall–Kier alpha value is -1.82. The van der Waals surface area contributed by atoms with Crippen LogP contribution in [0.4, 0.5) is 14.9 Å². The summed E-state index contributed by atoms with van der Waals surface area (Å²) >= 11 is 5.56. The minimum atomic E-state index is -0.829. The van der Waals surface area contributed by atoms with Crippen LogP contribution in [0.1, 0.15) is 12.8 Å². The molecule has 0 bridgehead atoms. The third-order valence-corrected chi connectivity index (χ3v) is 3.61. The number of anilines is 1. The molecular weight excluding hydrogens is 287 g/mol. The molecule has 0 atom stereocenters. The molecule has 7 heteroatoms. The molecule has 5 nitrogen and oxygen atoms in total. The number of piperidine rings is 1. The normalized spacial score (nSPS) is 16.0. The third kappa shape index (κ3) is 3.39. The van der Waals surface area contributed by atoms with Gasteiger partial charge in [0.25, 0.3) is 0 Å². The van der Waals surface area contributed by atoms with Gasteiger partial charge in [-0.1, -0.05) is 11.6 Å². The molecule has 1 aliphatic heterocycles. The van der Waals surface area contributed by atoms with E-state index >= 15 is 0 Å². The number of rotatable bonds is 2. The number of nitrogens with zero attached hydrogens (tertiary/aromatic N) is 1. The van der Waals surface area contributed by atoms with Crippen LogP contribution >= 0.6 is 11.6 Å². The van der Waals surface area contributed by atoms with Crippen LogP contribution in [-0.4, -0.2) is 35.1 Å². The lowest BCUT2D eigenvalue weighted by molar-refractivity contribution is -0.143. The maximum atomic E-state index is 13.2. The largest absolute Gasteiger partial charge is 0.481 e. The Morgan fingerprint density at radius 3 is 2.55 bits per heavy atom. The van der Waals surface area contributed by atoms with E-state index in [-0.39, 0.29) is 11.1 Å². The summed E-state index contributed by atoms with van der Waals surface area (Å²) in [6, 6.07) is 3.65. The van der Waals surface area contributed by atoms with Gasteiger partial charge in [0.05, 0.1) is 10.9 Å². The Balaban J connectivity index is 1.92. The molecule has 0 aliphatic carbocycles. The number of carboxylic acids is 1. The molecule has 0 spiro atoms. The summed E-state index contributed by atoms with van der Waals surface area (Å²) in [5, 5.41) is 11.4. The minimum absolute atomic E-state index is 0.00901. The summed E-state index contributed by atoms with van der Waals surface area (Å²) in [5.74, 6) is -1.83. The van der Waals surface area contributed by atoms with E-state index in [4.69, 9.17) is 16.7 Å². The zero-order chi connectivity index (χ0) is 14.7. The highest BCUT2D eigenvalue weighted by molar-refractivity contribution is 6.30. The Bertz CT molecular complexity index is 530. The van der Waals surface area contributed by atoms with Crippen molar-refractivity contribution in [2.75, 3.05) is 18.4 Å². The number of carbonyl (C=O) groups is 2. The SMILES string of the molecule is O=C(O)C1CCN(C(=O)Nc2ccc(Cl)c(F)c2)CC1. The highest BCUT2D eigenvalue weighted by atomic mass is 35.5. The highest BCUT2D eigenvalue weighted by Crippen LogP contribution is 2.21. The smallest absolute Gasteiger partial charge is 0.321 e. The van der Waals surface area contributed by atoms with E-state index < -0.39 is 17.7 Å². The molecular formula is C13H14ClFN2O3. The zero-order valence-corrected chi connectivity index (χ0v) is 11.4. The van der Waals surface area contributed by atoms with Crippen LogP contribution in [0.2, 0.25) is 5.02 Å². The molecule has 1 fully saturated rings. The first-order chi connectivity index (χ1) is 9.47. The fourth-order valence-corrected chi connectivity index (χ4v) is 2.22. The van der Waals surface area contributed by atoms with Crippen LogP contribution in [0, 0.1) is 11.7 Å². The first kappa shape index (κ1) is 14.6. The number of carbonyl (C=O) groups excluding carboxylic acids is 1. The number of amides is 2. The monoisotopic (exact) mass is 300 g/mol. The fraction of sp³-hybridized carbons (Fsp3) is 0.385. The Morgan fingerprint density at radius 1 is 1.35 bits per heavy atom. The summed E-state index contributed by atoms with van der Waals surface area (Å²) in [6.45, 7) is 0.748. The van der Waals surface area contributed by atoms with Crippen molar-refractivity contribution in [1.82, 2.24) is 4.90 Å². The number of hydrogen-bond acceptors (Lipinski definition) is 2. The van der Waals surface area contributed by atoms with Crippen molar-refractivity contribution < 1.29 is 19.1 Å². The van der Waals surface area contributed by atoms with Crippen LogP contribution < -0.4 is 5.32 Å². The standard InChI is InChI=1S/C13H14ClFN2O3/c14-10-2-1-9(7-11(10)15)16-13(20)17-5-3-8(4-6-17)12(18)19/h1-2,7-8H,3-6H2,(H,16,20)(H,18,19). The maximum Gasteiger partial charge on any atom is 0.321 e. The number of benzene rings is 1. The van der Waals surface area contributed by atoms with Gasteiger partial charge in [-0.2, -0.15) is 0 Å². The van der Waals surface area contributed by atoms with Crippen molar-refractivity contribution in [1.29, 1.82) is 0 Å². The summed E-state index contributed by atoms with van der Waals surface area (Å²) < 4.78 is 13.2.